The first-order valence-corrected chi connectivity index (χ1v) is 17.0. The van der Waals surface area contributed by atoms with E-state index in [1.165, 1.54) is 17.0 Å². The highest BCUT2D eigenvalue weighted by Crippen LogP contribution is 2.28. The molecule has 1 aliphatic rings. The van der Waals surface area contributed by atoms with E-state index in [2.05, 4.69) is 37.2 Å². The summed E-state index contributed by atoms with van der Waals surface area (Å²) in [5, 5.41) is 3.08. The minimum Gasteiger partial charge on any atom is -0.494 e. The van der Waals surface area contributed by atoms with E-state index >= 15 is 0 Å². The van der Waals surface area contributed by atoms with Gasteiger partial charge in [-0.2, -0.15) is 0 Å². The fourth-order valence-electron chi connectivity index (χ4n) is 4.94. The van der Waals surface area contributed by atoms with Crippen LogP contribution in [0.5, 0.6) is 5.75 Å². The zero-order chi connectivity index (χ0) is 30.3. The van der Waals surface area contributed by atoms with Crippen LogP contribution in [0.4, 0.5) is 5.69 Å². The zero-order valence-corrected chi connectivity index (χ0v) is 27.6. The largest absolute Gasteiger partial charge is 0.494 e. The van der Waals surface area contributed by atoms with Crippen LogP contribution in [0.2, 0.25) is 0 Å². The molecule has 0 aliphatic heterocycles. The third-order valence-corrected chi connectivity index (χ3v) is 10.0. The van der Waals surface area contributed by atoms with E-state index < -0.39 is 28.5 Å². The predicted octanol–water partition coefficient (Wildman–Crippen LogP) is 6.28. The van der Waals surface area contributed by atoms with Crippen molar-refractivity contribution >= 4 is 59.4 Å². The maximum Gasteiger partial charge on any atom is 0.264 e. The monoisotopic (exact) mass is 719 g/mol. The van der Waals surface area contributed by atoms with Gasteiger partial charge in [0, 0.05) is 21.5 Å². The number of amides is 2. The smallest absolute Gasteiger partial charge is 0.264 e. The number of hydrogen-bond acceptors (Lipinski definition) is 5. The van der Waals surface area contributed by atoms with E-state index in [1.54, 1.807) is 43.3 Å². The number of halogens is 2. The Labute approximate surface area is 264 Å². The molecule has 42 heavy (non-hydrogen) atoms. The van der Waals surface area contributed by atoms with Crippen molar-refractivity contribution in [2.45, 2.75) is 63.1 Å². The summed E-state index contributed by atoms with van der Waals surface area (Å²) in [4.78, 5) is 28.9. The molecule has 0 radical (unpaired) electrons. The van der Waals surface area contributed by atoms with Crippen molar-refractivity contribution in [3.8, 4) is 5.75 Å². The van der Waals surface area contributed by atoms with Crippen molar-refractivity contribution in [1.82, 2.24) is 10.2 Å². The van der Waals surface area contributed by atoms with Crippen LogP contribution in [0.3, 0.4) is 0 Å². The molecule has 1 fully saturated rings. The average molecular weight is 722 g/mol. The van der Waals surface area contributed by atoms with E-state index in [9.17, 15) is 18.0 Å². The normalized spacial score (nSPS) is 14.3. The van der Waals surface area contributed by atoms with Crippen LogP contribution >= 0.6 is 31.9 Å². The second-order valence-electron chi connectivity index (χ2n) is 10.2. The van der Waals surface area contributed by atoms with E-state index in [1.807, 2.05) is 31.2 Å². The fourth-order valence-corrected chi connectivity index (χ4v) is 7.07. The summed E-state index contributed by atoms with van der Waals surface area (Å²) in [5.41, 5.74) is 1.11. The molecule has 0 aromatic heterocycles. The van der Waals surface area contributed by atoms with Gasteiger partial charge in [0.1, 0.15) is 18.3 Å². The van der Waals surface area contributed by atoms with Gasteiger partial charge < -0.3 is 15.0 Å². The van der Waals surface area contributed by atoms with Gasteiger partial charge >= 0.3 is 0 Å². The first-order valence-electron chi connectivity index (χ1n) is 13.9. The standard InChI is InChI=1S/C31H35Br2N3O5S/c1-3-41-28-15-13-27(14-16-28)36(42(39,40)29-17-11-24(32)12-18-29)21-30(37)35(20-23-7-6-8-25(33)19-23)22(2)31(38)34-26-9-4-5-10-26/h6-8,11-19,22,26H,3-5,9-10,20-21H2,1-2H3,(H,34,38)/t22-/m1/s1. The Morgan fingerprint density at radius 1 is 0.976 bits per heavy atom. The Morgan fingerprint density at radius 3 is 2.26 bits per heavy atom. The number of anilines is 1. The fraction of sp³-hybridized carbons (Fsp3) is 0.355. The van der Waals surface area contributed by atoms with Crippen LogP contribution in [0.1, 0.15) is 45.1 Å². The predicted molar refractivity (Wildman–Crippen MR) is 171 cm³/mol. The maximum atomic E-state index is 14.1. The molecule has 11 heteroatoms. The molecule has 8 nitrogen and oxygen atoms in total. The summed E-state index contributed by atoms with van der Waals surface area (Å²) in [5.74, 6) is -0.172. The molecule has 1 atom stereocenters. The van der Waals surface area contributed by atoms with Crippen molar-refractivity contribution in [3.05, 3.63) is 87.3 Å². The van der Waals surface area contributed by atoms with Gasteiger partial charge in [-0.3, -0.25) is 13.9 Å². The van der Waals surface area contributed by atoms with Crippen LogP contribution in [0, 0.1) is 0 Å². The molecule has 2 amide bonds. The van der Waals surface area contributed by atoms with Gasteiger partial charge in [-0.15, -0.1) is 0 Å². The molecule has 1 saturated carbocycles. The van der Waals surface area contributed by atoms with Crippen LogP contribution in [0.25, 0.3) is 0 Å². The Morgan fingerprint density at radius 2 is 1.64 bits per heavy atom. The summed E-state index contributed by atoms with van der Waals surface area (Å²) >= 11 is 6.82. The van der Waals surface area contributed by atoms with Gasteiger partial charge in [0.15, 0.2) is 0 Å². The van der Waals surface area contributed by atoms with Gasteiger partial charge in [0.25, 0.3) is 10.0 Å². The molecule has 0 saturated heterocycles. The first-order chi connectivity index (χ1) is 20.1. The van der Waals surface area contributed by atoms with Crippen LogP contribution in [-0.2, 0) is 26.2 Å². The Bertz CT molecular complexity index is 1480. The summed E-state index contributed by atoms with van der Waals surface area (Å²) < 4.78 is 36.1. The van der Waals surface area contributed by atoms with E-state index in [0.29, 0.717) is 18.0 Å². The van der Waals surface area contributed by atoms with Gasteiger partial charge in [-0.25, -0.2) is 8.42 Å². The number of rotatable bonds is 12. The topological polar surface area (TPSA) is 96.0 Å². The highest BCUT2D eigenvalue weighted by molar-refractivity contribution is 9.10. The number of ether oxygens (including phenoxy) is 1. The number of sulfonamides is 1. The van der Waals surface area contributed by atoms with E-state index in [-0.39, 0.29) is 23.4 Å². The molecule has 3 aromatic rings. The van der Waals surface area contributed by atoms with Crippen LogP contribution in [-0.4, -0.2) is 50.4 Å². The SMILES string of the molecule is CCOc1ccc(N(CC(=O)N(Cc2cccc(Br)c2)[C@H](C)C(=O)NC2CCCC2)S(=O)(=O)c2ccc(Br)cc2)cc1. The first kappa shape index (κ1) is 32.0. The number of carbonyl (C=O) groups excluding carboxylic acids is 2. The third kappa shape index (κ3) is 8.14. The lowest BCUT2D eigenvalue weighted by Gasteiger charge is -2.32. The van der Waals surface area contributed by atoms with Crippen molar-refractivity contribution in [2.75, 3.05) is 17.5 Å². The highest BCUT2D eigenvalue weighted by Gasteiger charge is 2.33. The minimum atomic E-state index is -4.15. The molecule has 1 aliphatic carbocycles. The Balaban J connectivity index is 1.69. The Hall–Kier alpha value is -2.89. The number of hydrogen-bond donors (Lipinski definition) is 1. The van der Waals surface area contributed by atoms with E-state index in [0.717, 1.165) is 44.5 Å². The van der Waals surface area contributed by atoms with Crippen LogP contribution < -0.4 is 14.4 Å². The summed E-state index contributed by atoms with van der Waals surface area (Å²) in [6, 6.07) is 19.6. The molecule has 1 N–H and O–H groups in total. The molecule has 3 aromatic carbocycles. The third-order valence-electron chi connectivity index (χ3n) is 7.23. The van der Waals surface area contributed by atoms with Crippen LogP contribution in [0.15, 0.2) is 86.6 Å². The molecule has 0 unspecified atom stereocenters. The second-order valence-corrected chi connectivity index (χ2v) is 13.9. The molecule has 0 heterocycles. The number of carbonyl (C=O) groups is 2. The average Bonchev–Trinajstić information content (AvgIpc) is 3.48. The minimum absolute atomic E-state index is 0.0398. The molecule has 4 rings (SSSR count). The summed E-state index contributed by atoms with van der Waals surface area (Å²) in [6.45, 7) is 3.64. The quantitative estimate of drug-likeness (QED) is 0.238. The van der Waals surface area contributed by atoms with Crippen molar-refractivity contribution in [3.63, 3.8) is 0 Å². The summed E-state index contributed by atoms with van der Waals surface area (Å²) in [7, 11) is -4.15. The highest BCUT2D eigenvalue weighted by atomic mass is 79.9. The van der Waals surface area contributed by atoms with E-state index in [4.69, 9.17) is 4.74 Å². The van der Waals surface area contributed by atoms with Gasteiger partial charge in [-0.05, 0) is 92.9 Å². The number of benzene rings is 3. The molecule has 224 valence electrons. The Kier molecular flexibility index (Phi) is 11.1. The van der Waals surface area contributed by atoms with Gasteiger partial charge in [0.2, 0.25) is 11.8 Å². The molecule has 0 spiro atoms. The lowest BCUT2D eigenvalue weighted by molar-refractivity contribution is -0.139. The molecular weight excluding hydrogens is 686 g/mol. The van der Waals surface area contributed by atoms with Crippen molar-refractivity contribution in [2.24, 2.45) is 0 Å². The van der Waals surface area contributed by atoms with Gasteiger partial charge in [0.05, 0.1) is 17.2 Å². The maximum absolute atomic E-state index is 14.1. The lowest BCUT2D eigenvalue weighted by Crippen LogP contribution is -2.52. The number of nitrogens with zero attached hydrogens (tertiary/aromatic N) is 2. The van der Waals surface area contributed by atoms with Crippen molar-refractivity contribution in [1.29, 1.82) is 0 Å². The number of nitrogens with one attached hydrogen (secondary N) is 1. The lowest BCUT2D eigenvalue weighted by atomic mass is 10.1. The zero-order valence-electron chi connectivity index (χ0n) is 23.6. The molecule has 0 bridgehead atoms. The summed E-state index contributed by atoms with van der Waals surface area (Å²) in [6.07, 6.45) is 3.94. The van der Waals surface area contributed by atoms with Gasteiger partial charge in [-0.1, -0.05) is 56.8 Å². The molecular formula is C31H35Br2N3O5S. The second kappa shape index (κ2) is 14.5. The van der Waals surface area contributed by atoms with Crippen molar-refractivity contribution < 1.29 is 22.7 Å².